The first-order valence-electron chi connectivity index (χ1n) is 8.29. The molecule has 1 amide bonds. The van der Waals surface area contributed by atoms with E-state index < -0.39 is 5.97 Å². The van der Waals surface area contributed by atoms with Crippen molar-refractivity contribution in [1.82, 2.24) is 0 Å². The molecule has 2 aromatic rings. The topological polar surface area (TPSA) is 59.0 Å². The summed E-state index contributed by atoms with van der Waals surface area (Å²) in [6, 6.07) is 12.9. The molecule has 26 heavy (non-hydrogen) atoms. The van der Waals surface area contributed by atoms with Gasteiger partial charge in [0.25, 0.3) is 0 Å². The predicted octanol–water partition coefficient (Wildman–Crippen LogP) is 3.30. The van der Waals surface area contributed by atoms with Gasteiger partial charge in [0.2, 0.25) is 11.8 Å². The van der Waals surface area contributed by atoms with E-state index >= 15 is 0 Å². The first-order valence-corrected chi connectivity index (χ1v) is 8.29. The first-order chi connectivity index (χ1) is 12.6. The summed E-state index contributed by atoms with van der Waals surface area (Å²) in [5.41, 5.74) is 2.29. The number of esters is 1. The standard InChI is InChI=1S/C20H15FN2O3/c21-15-7-3-13(4-8-15)12-17-20(25)26-19(22-17)14-5-9-16(10-6-14)23-11-1-2-18(23)24/h3-10,12H,1-2,11H2. The third-order valence-electron chi connectivity index (χ3n) is 4.29. The Bertz CT molecular complexity index is 931. The molecule has 0 spiro atoms. The maximum absolute atomic E-state index is 13.0. The Labute approximate surface area is 149 Å². The summed E-state index contributed by atoms with van der Waals surface area (Å²) < 4.78 is 18.2. The van der Waals surface area contributed by atoms with E-state index in [4.69, 9.17) is 4.74 Å². The van der Waals surface area contributed by atoms with E-state index in [2.05, 4.69) is 4.99 Å². The zero-order valence-corrected chi connectivity index (χ0v) is 13.8. The number of amides is 1. The number of halogens is 1. The van der Waals surface area contributed by atoms with Gasteiger partial charge in [-0.15, -0.1) is 0 Å². The van der Waals surface area contributed by atoms with Crippen LogP contribution in [0.5, 0.6) is 0 Å². The van der Waals surface area contributed by atoms with Crippen molar-refractivity contribution in [2.75, 3.05) is 11.4 Å². The van der Waals surface area contributed by atoms with Crippen molar-refractivity contribution in [3.05, 3.63) is 71.2 Å². The second kappa shape index (κ2) is 6.55. The van der Waals surface area contributed by atoms with Crippen LogP contribution in [0, 0.1) is 5.82 Å². The van der Waals surface area contributed by atoms with E-state index in [0.29, 0.717) is 17.5 Å². The summed E-state index contributed by atoms with van der Waals surface area (Å²) in [5.74, 6) is -0.570. The summed E-state index contributed by atoms with van der Waals surface area (Å²) in [6.07, 6.45) is 2.98. The van der Waals surface area contributed by atoms with Gasteiger partial charge in [-0.2, -0.15) is 0 Å². The lowest BCUT2D eigenvalue weighted by atomic mass is 10.2. The molecule has 130 valence electrons. The van der Waals surface area contributed by atoms with Crippen LogP contribution in [0.4, 0.5) is 10.1 Å². The number of hydrogen-bond acceptors (Lipinski definition) is 4. The summed E-state index contributed by atoms with van der Waals surface area (Å²) in [7, 11) is 0. The zero-order chi connectivity index (χ0) is 18.1. The van der Waals surface area contributed by atoms with Gasteiger partial charge in [-0.3, -0.25) is 4.79 Å². The number of benzene rings is 2. The van der Waals surface area contributed by atoms with Crippen molar-refractivity contribution < 1.29 is 18.7 Å². The fraction of sp³-hybridized carbons (Fsp3) is 0.150. The van der Waals surface area contributed by atoms with Crippen molar-refractivity contribution in [3.8, 4) is 0 Å². The van der Waals surface area contributed by atoms with Crippen LogP contribution in [0.2, 0.25) is 0 Å². The maximum Gasteiger partial charge on any atom is 0.363 e. The molecule has 0 atom stereocenters. The molecule has 1 fully saturated rings. The zero-order valence-electron chi connectivity index (χ0n) is 13.8. The highest BCUT2D eigenvalue weighted by Crippen LogP contribution is 2.24. The molecular weight excluding hydrogens is 335 g/mol. The van der Waals surface area contributed by atoms with Gasteiger partial charge in [-0.1, -0.05) is 12.1 Å². The summed E-state index contributed by atoms with van der Waals surface area (Å²) >= 11 is 0. The molecule has 0 bridgehead atoms. The molecule has 6 heteroatoms. The van der Waals surface area contributed by atoms with Gasteiger partial charge in [0, 0.05) is 24.2 Å². The van der Waals surface area contributed by atoms with Crippen LogP contribution in [-0.2, 0) is 14.3 Å². The Kier molecular flexibility index (Phi) is 4.08. The van der Waals surface area contributed by atoms with E-state index in [1.807, 2.05) is 12.1 Å². The van der Waals surface area contributed by atoms with E-state index in [1.165, 1.54) is 12.1 Å². The van der Waals surface area contributed by atoms with Gasteiger partial charge in [0.1, 0.15) is 5.82 Å². The van der Waals surface area contributed by atoms with Crippen LogP contribution in [0.1, 0.15) is 24.0 Å². The number of rotatable bonds is 3. The van der Waals surface area contributed by atoms with Crippen LogP contribution >= 0.6 is 0 Å². The number of aliphatic imine (C=N–C) groups is 1. The van der Waals surface area contributed by atoms with E-state index in [1.54, 1.807) is 35.2 Å². The average Bonchev–Trinajstić information content (AvgIpc) is 3.23. The largest absolute Gasteiger partial charge is 0.402 e. The fourth-order valence-corrected chi connectivity index (χ4v) is 2.95. The molecule has 2 heterocycles. The van der Waals surface area contributed by atoms with Gasteiger partial charge in [0.05, 0.1) is 0 Å². The Morgan fingerprint density at radius 1 is 1.04 bits per heavy atom. The third-order valence-corrected chi connectivity index (χ3v) is 4.29. The Balaban J connectivity index is 1.57. The van der Waals surface area contributed by atoms with Crippen LogP contribution in [-0.4, -0.2) is 24.3 Å². The van der Waals surface area contributed by atoms with Crippen LogP contribution < -0.4 is 4.90 Å². The molecule has 2 aliphatic rings. The molecule has 0 aliphatic carbocycles. The smallest absolute Gasteiger partial charge is 0.363 e. The van der Waals surface area contributed by atoms with Crippen molar-refractivity contribution in [1.29, 1.82) is 0 Å². The number of hydrogen-bond donors (Lipinski definition) is 0. The third kappa shape index (κ3) is 3.13. The normalized spacial score (nSPS) is 18.4. The fourth-order valence-electron chi connectivity index (χ4n) is 2.95. The Morgan fingerprint density at radius 3 is 2.42 bits per heavy atom. The van der Waals surface area contributed by atoms with Crippen LogP contribution in [0.3, 0.4) is 0 Å². The Hall–Kier alpha value is -3.28. The van der Waals surface area contributed by atoms with E-state index in [9.17, 15) is 14.0 Å². The summed E-state index contributed by atoms with van der Waals surface area (Å²) in [6.45, 7) is 0.721. The number of ether oxygens (including phenoxy) is 1. The molecule has 2 aromatic carbocycles. The molecule has 0 unspecified atom stereocenters. The molecule has 4 rings (SSSR count). The summed E-state index contributed by atoms with van der Waals surface area (Å²) in [4.78, 5) is 29.8. The van der Waals surface area contributed by atoms with Gasteiger partial charge in [-0.25, -0.2) is 14.2 Å². The van der Waals surface area contributed by atoms with Gasteiger partial charge in [-0.05, 0) is 54.5 Å². The SMILES string of the molecule is O=C1OC(c2ccc(N3CCCC3=O)cc2)=NC1=Cc1ccc(F)cc1. The molecule has 5 nitrogen and oxygen atoms in total. The second-order valence-corrected chi connectivity index (χ2v) is 6.08. The lowest BCUT2D eigenvalue weighted by molar-refractivity contribution is -0.130. The van der Waals surface area contributed by atoms with Crippen molar-refractivity contribution >= 4 is 29.5 Å². The number of carbonyl (C=O) groups is 2. The number of carbonyl (C=O) groups excluding carboxylic acids is 2. The number of anilines is 1. The molecule has 2 aliphatic heterocycles. The van der Waals surface area contributed by atoms with Gasteiger partial charge < -0.3 is 9.64 Å². The minimum Gasteiger partial charge on any atom is -0.402 e. The Morgan fingerprint density at radius 2 is 1.77 bits per heavy atom. The molecule has 0 radical (unpaired) electrons. The van der Waals surface area contributed by atoms with Gasteiger partial charge >= 0.3 is 5.97 Å². The predicted molar refractivity (Wildman–Crippen MR) is 95.0 cm³/mol. The van der Waals surface area contributed by atoms with Crippen molar-refractivity contribution in [2.24, 2.45) is 4.99 Å². The molecule has 1 saturated heterocycles. The lowest BCUT2D eigenvalue weighted by Crippen LogP contribution is -2.23. The number of cyclic esters (lactones) is 1. The first kappa shape index (κ1) is 16.2. The minimum atomic E-state index is -0.553. The molecular formula is C20H15FN2O3. The van der Waals surface area contributed by atoms with E-state index in [-0.39, 0.29) is 23.3 Å². The highest BCUT2D eigenvalue weighted by molar-refractivity contribution is 6.13. The highest BCUT2D eigenvalue weighted by atomic mass is 19.1. The molecule has 0 saturated carbocycles. The van der Waals surface area contributed by atoms with Crippen LogP contribution in [0.15, 0.2) is 59.2 Å². The maximum atomic E-state index is 13.0. The summed E-state index contributed by atoms with van der Waals surface area (Å²) in [5, 5.41) is 0. The number of nitrogens with zero attached hydrogens (tertiary/aromatic N) is 2. The van der Waals surface area contributed by atoms with E-state index in [0.717, 1.165) is 18.7 Å². The highest BCUT2D eigenvalue weighted by Gasteiger charge is 2.25. The second-order valence-electron chi connectivity index (χ2n) is 6.08. The van der Waals surface area contributed by atoms with Crippen molar-refractivity contribution in [3.63, 3.8) is 0 Å². The molecule has 0 aromatic heterocycles. The monoisotopic (exact) mass is 350 g/mol. The van der Waals surface area contributed by atoms with Crippen molar-refractivity contribution in [2.45, 2.75) is 12.8 Å². The average molecular weight is 350 g/mol. The molecule has 0 N–H and O–H groups in total. The lowest BCUT2D eigenvalue weighted by Gasteiger charge is -2.15. The quantitative estimate of drug-likeness (QED) is 0.630. The van der Waals surface area contributed by atoms with Gasteiger partial charge in [0.15, 0.2) is 5.70 Å². The minimum absolute atomic E-state index is 0.118. The van der Waals surface area contributed by atoms with Crippen LogP contribution in [0.25, 0.3) is 6.08 Å².